The molecule has 0 aromatic heterocycles. The van der Waals surface area contributed by atoms with E-state index in [4.69, 9.17) is 23.1 Å². The minimum absolute atomic E-state index is 0. The van der Waals surface area contributed by atoms with Crippen LogP contribution in [0, 0.1) is 10.8 Å². The second kappa shape index (κ2) is 33.2. The van der Waals surface area contributed by atoms with Crippen LogP contribution in [0.1, 0.15) is 144 Å². The number of unbranched alkanes of at least 4 members (excludes halogenated alkanes) is 1. The molecule has 1 aromatic rings. The van der Waals surface area contributed by atoms with E-state index in [0.717, 1.165) is 37.3 Å². The summed E-state index contributed by atoms with van der Waals surface area (Å²) in [6, 6.07) is 7.97. The molecule has 0 heterocycles. The first-order valence-corrected chi connectivity index (χ1v) is 28.1. The quantitative estimate of drug-likeness (QED) is 0.0558. The number of carbonyl (C=O) groups excluding carboxylic acids is 3. The summed E-state index contributed by atoms with van der Waals surface area (Å²) in [5.41, 5.74) is -5.63. The van der Waals surface area contributed by atoms with Crippen LogP contribution in [-0.2, 0) is 42.7 Å². The van der Waals surface area contributed by atoms with Gasteiger partial charge in [0.15, 0.2) is 26.7 Å². The Morgan fingerprint density at radius 3 is 1.54 bits per heavy atom. The molecule has 0 saturated heterocycles. The van der Waals surface area contributed by atoms with E-state index in [0.29, 0.717) is 39.6 Å². The second-order valence-electron chi connectivity index (χ2n) is 16.6. The van der Waals surface area contributed by atoms with E-state index >= 15 is 0 Å². The van der Waals surface area contributed by atoms with E-state index in [-0.39, 0.29) is 73.2 Å². The van der Waals surface area contributed by atoms with Crippen molar-refractivity contribution in [2.24, 2.45) is 10.8 Å². The van der Waals surface area contributed by atoms with Crippen molar-refractivity contribution in [3.05, 3.63) is 40.1 Å². The van der Waals surface area contributed by atoms with Crippen LogP contribution < -0.4 is 29.6 Å². The smallest absolute Gasteiger partial charge is 0.534 e. The Hall–Kier alpha value is -1.32. The molecule has 0 aliphatic rings. The van der Waals surface area contributed by atoms with Crippen molar-refractivity contribution in [1.82, 2.24) is 0 Å². The van der Waals surface area contributed by atoms with Gasteiger partial charge < -0.3 is 32.6 Å². The van der Waals surface area contributed by atoms with Crippen LogP contribution in [0.5, 0.6) is 0 Å². The maximum atomic E-state index is 12.1. The van der Waals surface area contributed by atoms with Crippen molar-refractivity contribution in [2.45, 2.75) is 172 Å². The van der Waals surface area contributed by atoms with E-state index in [1.54, 1.807) is 12.1 Å². The van der Waals surface area contributed by atoms with E-state index in [1.807, 2.05) is 62.3 Å². The SMILES string of the molecule is C.C.CCC(C)c1ccc(C(=O)[N-]S(=O)(=O)C(F)(F)F)cc1.CCCC[Si](C)(C)O[Si](C)(C)CCCOC(=O)C(C)(C)CC.CCOCCOCCOC(=O)C(C)(C)CC.[Na+]. The number of benzene rings is 1. The van der Waals surface area contributed by atoms with Crippen LogP contribution >= 0.6 is 0 Å². The van der Waals surface area contributed by atoms with E-state index in [1.165, 1.54) is 31.0 Å². The molecule has 0 radical (unpaired) electrons. The average Bonchev–Trinajstić information content (AvgIpc) is 3.14. The van der Waals surface area contributed by atoms with Crippen LogP contribution in [-0.4, -0.2) is 88.0 Å². The number of rotatable bonds is 24. The summed E-state index contributed by atoms with van der Waals surface area (Å²) in [6.45, 7) is 32.1. The normalized spacial score (nSPS) is 12.3. The van der Waals surface area contributed by atoms with Crippen LogP contribution in [0.25, 0.3) is 4.72 Å². The number of alkyl halides is 3. The summed E-state index contributed by atoms with van der Waals surface area (Å²) in [7, 11) is -8.97. The first-order chi connectivity index (χ1) is 26.6. The van der Waals surface area contributed by atoms with Gasteiger partial charge >= 0.3 is 47.0 Å². The number of amides is 1. The Bertz CT molecular complexity index is 1450. The molecule has 0 fully saturated rings. The Labute approximate surface area is 393 Å². The minimum Gasteiger partial charge on any atom is -0.534 e. The molecule has 1 unspecified atom stereocenters. The van der Waals surface area contributed by atoms with Gasteiger partial charge in [0.25, 0.3) is 0 Å². The Balaban J connectivity index is -0.000000254. The number of hydrogen-bond donors (Lipinski definition) is 0. The van der Waals surface area contributed by atoms with E-state index in [2.05, 4.69) is 37.8 Å². The zero-order valence-electron chi connectivity index (χ0n) is 38.9. The third-order valence-corrected chi connectivity index (χ3v) is 18.1. The third kappa shape index (κ3) is 30.5. The van der Waals surface area contributed by atoms with Crippen molar-refractivity contribution in [3.8, 4) is 0 Å². The number of hydrogen-bond acceptors (Lipinski definition) is 10. The number of carbonyl (C=O) groups is 3. The fourth-order valence-electron chi connectivity index (χ4n) is 4.76. The monoisotopic (exact) mass is 942 g/mol. The van der Waals surface area contributed by atoms with Crippen molar-refractivity contribution in [1.29, 1.82) is 0 Å². The maximum Gasteiger partial charge on any atom is 1.00 e. The third-order valence-electron chi connectivity index (χ3n) is 9.59. The predicted octanol–water partition coefficient (Wildman–Crippen LogP) is 9.44. The summed E-state index contributed by atoms with van der Waals surface area (Å²) in [5, 5.41) is 0. The molecule has 1 rings (SSSR count). The fraction of sp³-hybridized carbons (Fsp3) is 0.791. The number of ether oxygens (including phenoxy) is 4. The van der Waals surface area contributed by atoms with Gasteiger partial charge in [-0.15, -0.1) is 0 Å². The maximum absolute atomic E-state index is 12.1. The van der Waals surface area contributed by atoms with Crippen molar-refractivity contribution < 1.29 is 88.6 Å². The van der Waals surface area contributed by atoms with Gasteiger partial charge in [-0.25, -0.2) is 8.42 Å². The first-order valence-electron chi connectivity index (χ1n) is 20.5. The Kier molecular flexibility index (Phi) is 37.4. The number of sulfonamides is 1. The molecule has 1 atom stereocenters. The van der Waals surface area contributed by atoms with E-state index < -0.39 is 43.5 Å². The molecule has 356 valence electrons. The molecule has 0 saturated carbocycles. The van der Waals surface area contributed by atoms with Gasteiger partial charge in [0, 0.05) is 6.61 Å². The van der Waals surface area contributed by atoms with Gasteiger partial charge in [-0.1, -0.05) is 86.6 Å². The molecule has 1 aromatic carbocycles. The first kappa shape index (κ1) is 68.7. The topological polar surface area (TPSA) is 146 Å². The summed E-state index contributed by atoms with van der Waals surface area (Å²) in [6.07, 6.45) is 5.88. The predicted molar refractivity (Wildman–Crippen MR) is 244 cm³/mol. The van der Waals surface area contributed by atoms with E-state index in [9.17, 15) is 36.0 Å². The molecule has 0 N–H and O–H groups in total. The van der Waals surface area contributed by atoms with Crippen LogP contribution in [0.2, 0.25) is 38.3 Å². The molecule has 0 aliphatic heterocycles. The van der Waals surface area contributed by atoms with Crippen molar-refractivity contribution in [3.63, 3.8) is 0 Å². The van der Waals surface area contributed by atoms with Crippen LogP contribution in [0.3, 0.4) is 0 Å². The molecule has 18 heteroatoms. The van der Waals surface area contributed by atoms with Crippen molar-refractivity contribution in [2.75, 3.05) is 39.6 Å². The van der Waals surface area contributed by atoms with Crippen LogP contribution in [0.4, 0.5) is 13.2 Å². The summed E-state index contributed by atoms with van der Waals surface area (Å²) >= 11 is 0. The zero-order valence-corrected chi connectivity index (χ0v) is 43.7. The molecular formula is C43H83F3NNaO10SSi2. The molecule has 1 amide bonds. The van der Waals surface area contributed by atoms with Crippen molar-refractivity contribution >= 4 is 44.5 Å². The molecule has 0 spiro atoms. The van der Waals surface area contributed by atoms with Gasteiger partial charge in [0.2, 0.25) is 0 Å². The number of halogens is 3. The molecule has 0 bridgehead atoms. The molecular weight excluding hydrogens is 859 g/mol. The average molecular weight is 942 g/mol. The second-order valence-corrected chi connectivity index (χ2v) is 27.1. The largest absolute Gasteiger partial charge is 1.00 e. The fourth-order valence-corrected chi connectivity index (χ4v) is 14.2. The van der Waals surface area contributed by atoms with Crippen LogP contribution in [0.15, 0.2) is 24.3 Å². The van der Waals surface area contributed by atoms with Gasteiger partial charge in [0.05, 0.1) is 43.2 Å². The Morgan fingerprint density at radius 1 is 0.705 bits per heavy atom. The van der Waals surface area contributed by atoms with Gasteiger partial charge in [-0.2, -0.15) is 13.2 Å². The summed E-state index contributed by atoms with van der Waals surface area (Å²) in [4.78, 5) is 34.9. The summed E-state index contributed by atoms with van der Waals surface area (Å²) < 4.78 is 87.4. The molecule has 0 aliphatic carbocycles. The molecule has 61 heavy (non-hydrogen) atoms. The number of nitrogens with zero attached hydrogens (tertiary/aromatic N) is 1. The summed E-state index contributed by atoms with van der Waals surface area (Å²) in [5.74, 6) is -1.44. The van der Waals surface area contributed by atoms with Gasteiger partial charge in [-0.3, -0.25) is 9.59 Å². The van der Waals surface area contributed by atoms with Gasteiger partial charge in [0.1, 0.15) is 6.61 Å². The number of esters is 2. The molecule has 11 nitrogen and oxygen atoms in total. The zero-order chi connectivity index (χ0) is 45.4. The van der Waals surface area contributed by atoms with Gasteiger partial charge in [-0.05, 0) is 116 Å². The standard InChI is InChI=1S/C17H38O3Si2.C12H14F3NO3S.C12H24O4.2CH4.Na/c1-9-11-14-21(5,6)20-22(7,8)15-12-13-19-16(18)17(3,4)10-2;1-3-8(2)9-4-6-10(7-5-9)11(17)16-20(18,19)12(13,14)15;1-5-12(3,4)11(13)16-10-9-15-8-7-14-6-2;;;/h9-15H2,1-8H3;4-8H,3H2,1-2H3,(H,16,17);5-10H2,1-4H3;2*1H4;/q;;;;;+1/p-1. The minimum atomic E-state index is -5.80. The Morgan fingerprint density at radius 2 is 1.13 bits per heavy atom.